The maximum atomic E-state index is 13.2. The highest BCUT2D eigenvalue weighted by atomic mass is 32.2. The molecule has 0 fully saturated rings. The lowest BCUT2D eigenvalue weighted by atomic mass is 9.88. The van der Waals surface area contributed by atoms with Crippen molar-refractivity contribution in [2.75, 3.05) is 10.6 Å². The van der Waals surface area contributed by atoms with E-state index in [0.29, 0.717) is 12.0 Å². The van der Waals surface area contributed by atoms with Crippen LogP contribution in [0.25, 0.3) is 0 Å². The number of sulfonamides is 1. The van der Waals surface area contributed by atoms with Crippen molar-refractivity contribution >= 4 is 27.3 Å². The third-order valence-electron chi connectivity index (χ3n) is 6.23. The second-order valence-electron chi connectivity index (χ2n) is 8.67. The highest BCUT2D eigenvalue weighted by Gasteiger charge is 2.32. The molecule has 1 aliphatic rings. The van der Waals surface area contributed by atoms with Gasteiger partial charge in [-0.25, -0.2) is 8.42 Å². The van der Waals surface area contributed by atoms with Crippen LogP contribution in [0.2, 0.25) is 0 Å². The molecule has 9 heteroatoms. The zero-order valence-electron chi connectivity index (χ0n) is 19.5. The number of nitrogens with zero attached hydrogens (tertiary/aromatic N) is 2. The van der Waals surface area contributed by atoms with Gasteiger partial charge in [0.15, 0.2) is 0 Å². The van der Waals surface area contributed by atoms with E-state index in [1.807, 2.05) is 13.0 Å². The Balaban J connectivity index is 1.89. The second-order valence-corrected chi connectivity index (χ2v) is 10.5. The zero-order valence-corrected chi connectivity index (χ0v) is 20.3. The Bertz CT molecular complexity index is 1160. The molecule has 0 radical (unpaired) electrons. The number of non-ortho nitro benzene ring substituents is 1. The van der Waals surface area contributed by atoms with E-state index in [9.17, 15) is 23.3 Å². The van der Waals surface area contributed by atoms with Crippen LogP contribution < -0.4 is 9.62 Å². The molecule has 1 amide bonds. The van der Waals surface area contributed by atoms with Crippen molar-refractivity contribution in [2.45, 2.75) is 65.0 Å². The maximum Gasteiger partial charge on any atom is 0.271 e. The Labute approximate surface area is 195 Å². The Kier molecular flexibility index (Phi) is 7.41. The monoisotopic (exact) mass is 473 g/mol. The van der Waals surface area contributed by atoms with Crippen molar-refractivity contribution in [3.8, 4) is 0 Å². The summed E-state index contributed by atoms with van der Waals surface area (Å²) in [5, 5.41) is 14.2. The summed E-state index contributed by atoms with van der Waals surface area (Å²) in [7, 11) is -3.90. The molecule has 0 aromatic heterocycles. The van der Waals surface area contributed by atoms with E-state index in [4.69, 9.17) is 0 Å². The van der Waals surface area contributed by atoms with Gasteiger partial charge in [0.2, 0.25) is 15.9 Å². The van der Waals surface area contributed by atoms with Gasteiger partial charge in [0.05, 0.1) is 22.9 Å². The second kappa shape index (κ2) is 9.91. The van der Waals surface area contributed by atoms with Crippen molar-refractivity contribution in [1.82, 2.24) is 5.32 Å². The molecule has 0 bridgehead atoms. The minimum Gasteiger partial charge on any atom is -0.347 e. The van der Waals surface area contributed by atoms with Gasteiger partial charge in [-0.1, -0.05) is 31.2 Å². The first-order valence-electron chi connectivity index (χ1n) is 11.2. The van der Waals surface area contributed by atoms with Crippen molar-refractivity contribution < 1.29 is 18.1 Å². The Morgan fingerprint density at radius 1 is 1.15 bits per heavy atom. The van der Waals surface area contributed by atoms with Gasteiger partial charge in [-0.05, 0) is 68.2 Å². The van der Waals surface area contributed by atoms with Crippen LogP contribution in [0.4, 0.5) is 11.4 Å². The fourth-order valence-electron chi connectivity index (χ4n) is 4.41. The number of nitro benzene ring substituents is 1. The quantitative estimate of drug-likeness (QED) is 0.456. The van der Waals surface area contributed by atoms with E-state index in [2.05, 4.69) is 17.4 Å². The van der Waals surface area contributed by atoms with Crippen molar-refractivity contribution in [3.63, 3.8) is 0 Å². The first kappa shape index (κ1) is 24.7. The molecule has 0 unspecified atom stereocenters. The van der Waals surface area contributed by atoms with Crippen LogP contribution in [0.15, 0.2) is 36.4 Å². The number of nitro groups is 1. The molecular formula is C24H31N3O5S. The standard InChI is InChI=1S/C24H31N3O5S/c1-5-22(20-12-11-18-8-6-7-9-19(18)14-20)25-24(28)17(3)26(33(4,31)32)23-15-21(27(29)30)13-10-16(23)2/h10-15,17,22H,5-9H2,1-4H3,(H,25,28)/t17-,22+/m1/s1. The van der Waals surface area contributed by atoms with Crippen LogP contribution in [0.5, 0.6) is 0 Å². The van der Waals surface area contributed by atoms with Crippen LogP contribution in [-0.2, 0) is 27.7 Å². The van der Waals surface area contributed by atoms with E-state index < -0.39 is 26.9 Å². The van der Waals surface area contributed by atoms with Gasteiger partial charge >= 0.3 is 0 Å². The van der Waals surface area contributed by atoms with Gasteiger partial charge in [0.25, 0.3) is 5.69 Å². The van der Waals surface area contributed by atoms with E-state index in [1.54, 1.807) is 6.92 Å². The summed E-state index contributed by atoms with van der Waals surface area (Å²) in [5.41, 5.74) is 4.06. The number of benzene rings is 2. The molecule has 8 nitrogen and oxygen atoms in total. The van der Waals surface area contributed by atoms with Gasteiger partial charge < -0.3 is 5.32 Å². The topological polar surface area (TPSA) is 110 Å². The average molecular weight is 474 g/mol. The number of carbonyl (C=O) groups is 1. The fourth-order valence-corrected chi connectivity index (χ4v) is 5.64. The summed E-state index contributed by atoms with van der Waals surface area (Å²) in [6.07, 6.45) is 6.08. The average Bonchev–Trinajstić information content (AvgIpc) is 2.77. The number of carbonyl (C=O) groups excluding carboxylic acids is 1. The number of aryl methyl sites for hydroxylation is 3. The Hall–Kier alpha value is -2.94. The van der Waals surface area contributed by atoms with Gasteiger partial charge in [0, 0.05) is 12.1 Å². The molecule has 0 heterocycles. The molecule has 1 N–H and O–H groups in total. The van der Waals surface area contributed by atoms with Gasteiger partial charge in [-0.15, -0.1) is 0 Å². The third kappa shape index (κ3) is 5.52. The minimum absolute atomic E-state index is 0.121. The van der Waals surface area contributed by atoms with Crippen LogP contribution in [0.1, 0.15) is 61.4 Å². The van der Waals surface area contributed by atoms with E-state index in [1.165, 1.54) is 42.7 Å². The number of hydrogen-bond donors (Lipinski definition) is 1. The first-order valence-corrected chi connectivity index (χ1v) is 13.0. The first-order chi connectivity index (χ1) is 15.5. The molecule has 2 aromatic carbocycles. The number of rotatable bonds is 8. The molecule has 33 heavy (non-hydrogen) atoms. The van der Waals surface area contributed by atoms with Crippen molar-refractivity contribution in [2.24, 2.45) is 0 Å². The van der Waals surface area contributed by atoms with E-state index in [-0.39, 0.29) is 17.4 Å². The predicted octanol–water partition coefficient (Wildman–Crippen LogP) is 4.20. The van der Waals surface area contributed by atoms with E-state index >= 15 is 0 Å². The summed E-state index contributed by atoms with van der Waals surface area (Å²) in [6, 6.07) is 8.94. The lowest BCUT2D eigenvalue weighted by Gasteiger charge is -2.31. The molecule has 2 atom stereocenters. The highest BCUT2D eigenvalue weighted by Crippen LogP contribution is 2.30. The van der Waals surface area contributed by atoms with Gasteiger partial charge in [-0.3, -0.25) is 19.2 Å². The lowest BCUT2D eigenvalue weighted by Crippen LogP contribution is -2.48. The summed E-state index contributed by atoms with van der Waals surface area (Å²) in [6.45, 7) is 5.12. The van der Waals surface area contributed by atoms with Crippen LogP contribution in [0.3, 0.4) is 0 Å². The molecule has 178 valence electrons. The number of amides is 1. The molecule has 2 aromatic rings. The molecule has 0 spiro atoms. The summed E-state index contributed by atoms with van der Waals surface area (Å²) < 4.78 is 26.3. The smallest absolute Gasteiger partial charge is 0.271 e. The Morgan fingerprint density at radius 2 is 1.82 bits per heavy atom. The number of fused-ring (bicyclic) bond motifs is 1. The largest absolute Gasteiger partial charge is 0.347 e. The van der Waals surface area contributed by atoms with Gasteiger partial charge in [0.1, 0.15) is 6.04 Å². The van der Waals surface area contributed by atoms with Crippen LogP contribution in [0, 0.1) is 17.0 Å². The summed E-state index contributed by atoms with van der Waals surface area (Å²) in [5.74, 6) is -0.462. The van der Waals surface area contributed by atoms with Crippen LogP contribution in [-0.4, -0.2) is 31.5 Å². The molecule has 0 saturated heterocycles. The molecule has 1 aliphatic carbocycles. The number of hydrogen-bond acceptors (Lipinski definition) is 5. The maximum absolute atomic E-state index is 13.2. The Morgan fingerprint density at radius 3 is 2.42 bits per heavy atom. The lowest BCUT2D eigenvalue weighted by molar-refractivity contribution is -0.384. The normalized spacial score (nSPS) is 15.3. The molecule has 0 saturated carbocycles. The third-order valence-corrected chi connectivity index (χ3v) is 7.46. The summed E-state index contributed by atoms with van der Waals surface area (Å²) >= 11 is 0. The minimum atomic E-state index is -3.90. The summed E-state index contributed by atoms with van der Waals surface area (Å²) in [4.78, 5) is 23.9. The predicted molar refractivity (Wildman–Crippen MR) is 129 cm³/mol. The van der Waals surface area contributed by atoms with Crippen molar-refractivity contribution in [1.29, 1.82) is 0 Å². The number of anilines is 1. The number of nitrogens with one attached hydrogen (secondary N) is 1. The fraction of sp³-hybridized carbons (Fsp3) is 0.458. The SMILES string of the molecule is CC[C@H](NC(=O)[C@@H](C)N(c1cc([N+](=O)[O-])ccc1C)S(C)(=O)=O)c1ccc2c(c1)CCCC2. The van der Waals surface area contributed by atoms with Crippen molar-refractivity contribution in [3.05, 3.63) is 68.8 Å². The van der Waals surface area contributed by atoms with Gasteiger partial charge in [-0.2, -0.15) is 0 Å². The van der Waals surface area contributed by atoms with E-state index in [0.717, 1.165) is 35.4 Å². The molecule has 3 rings (SSSR count). The molecular weight excluding hydrogens is 442 g/mol. The van der Waals surface area contributed by atoms with Crippen LogP contribution >= 0.6 is 0 Å². The zero-order chi connectivity index (χ0) is 24.3. The molecule has 0 aliphatic heterocycles. The highest BCUT2D eigenvalue weighted by molar-refractivity contribution is 7.92.